The molecule has 0 unspecified atom stereocenters. The molecule has 172 valence electrons. The molecule has 10 heteroatoms. The van der Waals surface area contributed by atoms with E-state index in [0.717, 1.165) is 39.0 Å². The third-order valence-corrected chi connectivity index (χ3v) is 6.10. The molecule has 5 rings (SSSR count). The van der Waals surface area contributed by atoms with Crippen molar-refractivity contribution in [3.63, 3.8) is 0 Å². The molecule has 0 atom stereocenters. The number of carbonyl (C=O) groups excluding carboxylic acids is 1. The van der Waals surface area contributed by atoms with Crippen LogP contribution in [0.4, 0.5) is 0 Å². The maximum atomic E-state index is 12.5. The van der Waals surface area contributed by atoms with Gasteiger partial charge < -0.3 is 9.84 Å². The van der Waals surface area contributed by atoms with Crippen molar-refractivity contribution in [3.8, 4) is 22.4 Å². The molecule has 1 aromatic carbocycles. The van der Waals surface area contributed by atoms with Gasteiger partial charge in [0, 0.05) is 46.4 Å². The highest BCUT2D eigenvalue weighted by atomic mass is 32.1. The Balaban J connectivity index is 1.35. The Hall–Kier alpha value is -3.92. The maximum Gasteiger partial charge on any atom is 0.315 e. The fourth-order valence-corrected chi connectivity index (χ4v) is 4.12. The van der Waals surface area contributed by atoms with Crippen molar-refractivity contribution in [1.82, 2.24) is 34.4 Å². The Morgan fingerprint density at radius 3 is 2.74 bits per heavy atom. The molecule has 0 spiro atoms. The van der Waals surface area contributed by atoms with Crippen LogP contribution in [-0.4, -0.2) is 35.0 Å². The number of nitrogens with one attached hydrogen (secondary N) is 1. The summed E-state index contributed by atoms with van der Waals surface area (Å²) in [5.74, 6) is 0.0678. The number of carbonyl (C=O) groups is 1. The average molecular weight is 474 g/mol. The summed E-state index contributed by atoms with van der Waals surface area (Å²) in [5.41, 5.74) is 6.55. The lowest BCUT2D eigenvalue weighted by molar-refractivity contribution is 0.0907. The molecular formula is C24H23N7O2S. The van der Waals surface area contributed by atoms with Gasteiger partial charge in [-0.05, 0) is 41.7 Å². The zero-order valence-corrected chi connectivity index (χ0v) is 20.1. The van der Waals surface area contributed by atoms with Gasteiger partial charge in [0.25, 0.3) is 0 Å². The second-order valence-corrected chi connectivity index (χ2v) is 9.73. The first-order valence-electron chi connectivity index (χ1n) is 10.7. The van der Waals surface area contributed by atoms with E-state index in [1.165, 1.54) is 11.5 Å². The van der Waals surface area contributed by atoms with Crippen LogP contribution >= 0.6 is 11.5 Å². The van der Waals surface area contributed by atoms with Crippen molar-refractivity contribution in [2.75, 3.05) is 0 Å². The molecule has 0 saturated carbocycles. The molecule has 1 N–H and O–H groups in total. The van der Waals surface area contributed by atoms with Gasteiger partial charge in [-0.3, -0.25) is 4.79 Å². The summed E-state index contributed by atoms with van der Waals surface area (Å²) in [5, 5.41) is 13.1. The highest BCUT2D eigenvalue weighted by molar-refractivity contribution is 7.03. The number of fused-ring (bicyclic) bond motifs is 1. The standard InChI is InChI=1S/C24H23N7O2S/c1-14-7-15(20-19-8-17(18-10-28-34-12-18)11-31(19)27-13-26-20)5-6-16(14)9-25-21(32)22-29-23(30-33-22)24(2,3)4/h5-8,10-13H,9H2,1-4H3,(H,25,32). The van der Waals surface area contributed by atoms with E-state index >= 15 is 0 Å². The largest absolute Gasteiger partial charge is 0.344 e. The lowest BCUT2D eigenvalue weighted by Crippen LogP contribution is -2.24. The lowest BCUT2D eigenvalue weighted by Gasteiger charge is -2.11. The monoisotopic (exact) mass is 473 g/mol. The predicted molar refractivity (Wildman–Crippen MR) is 128 cm³/mol. The molecule has 0 fully saturated rings. The summed E-state index contributed by atoms with van der Waals surface area (Å²) in [6, 6.07) is 8.12. The van der Waals surface area contributed by atoms with Crippen LogP contribution in [-0.2, 0) is 12.0 Å². The van der Waals surface area contributed by atoms with E-state index in [1.807, 2.05) is 62.1 Å². The first-order chi connectivity index (χ1) is 16.3. The molecule has 0 bridgehead atoms. The van der Waals surface area contributed by atoms with Crippen LogP contribution in [0.5, 0.6) is 0 Å². The van der Waals surface area contributed by atoms with Gasteiger partial charge in [-0.2, -0.15) is 10.1 Å². The minimum absolute atomic E-state index is 0.0348. The van der Waals surface area contributed by atoms with Gasteiger partial charge in [0.1, 0.15) is 6.33 Å². The van der Waals surface area contributed by atoms with Crippen molar-refractivity contribution in [1.29, 1.82) is 0 Å². The Labute approximate surface area is 200 Å². The SMILES string of the molecule is Cc1cc(-c2ncnn3cc(-c4cnsc4)cc23)ccc1CNC(=O)c1nc(C(C)(C)C)no1. The molecule has 1 amide bonds. The van der Waals surface area contributed by atoms with Gasteiger partial charge in [-0.15, -0.1) is 0 Å². The molecular weight excluding hydrogens is 450 g/mol. The fourth-order valence-electron chi connectivity index (χ4n) is 3.57. The minimum atomic E-state index is -0.396. The van der Waals surface area contributed by atoms with E-state index in [0.29, 0.717) is 12.4 Å². The van der Waals surface area contributed by atoms with Gasteiger partial charge >= 0.3 is 11.8 Å². The number of aryl methyl sites for hydroxylation is 1. The molecule has 5 aromatic rings. The number of nitrogens with zero attached hydrogens (tertiary/aromatic N) is 6. The highest BCUT2D eigenvalue weighted by Gasteiger charge is 2.23. The molecule has 34 heavy (non-hydrogen) atoms. The molecule has 9 nitrogen and oxygen atoms in total. The van der Waals surface area contributed by atoms with Crippen LogP contribution in [0.25, 0.3) is 27.9 Å². The van der Waals surface area contributed by atoms with E-state index in [9.17, 15) is 4.79 Å². The number of benzene rings is 1. The smallest absolute Gasteiger partial charge is 0.315 e. The van der Waals surface area contributed by atoms with Crippen LogP contribution in [0.15, 0.2) is 52.9 Å². The van der Waals surface area contributed by atoms with Crippen molar-refractivity contribution < 1.29 is 9.32 Å². The summed E-state index contributed by atoms with van der Waals surface area (Å²) in [4.78, 5) is 21.2. The molecule has 4 heterocycles. The van der Waals surface area contributed by atoms with Crippen molar-refractivity contribution >= 4 is 23.0 Å². The highest BCUT2D eigenvalue weighted by Crippen LogP contribution is 2.29. The van der Waals surface area contributed by atoms with E-state index < -0.39 is 5.91 Å². The van der Waals surface area contributed by atoms with Gasteiger partial charge in [0.15, 0.2) is 5.82 Å². The second-order valence-electron chi connectivity index (χ2n) is 9.08. The zero-order valence-electron chi connectivity index (χ0n) is 19.2. The Kier molecular flexibility index (Phi) is 5.45. The zero-order chi connectivity index (χ0) is 23.9. The number of rotatable bonds is 5. The predicted octanol–water partition coefficient (Wildman–Crippen LogP) is 4.44. The van der Waals surface area contributed by atoms with Crippen LogP contribution in [0.3, 0.4) is 0 Å². The first-order valence-corrected chi connectivity index (χ1v) is 11.6. The summed E-state index contributed by atoms with van der Waals surface area (Å²) in [6.45, 7) is 8.24. The van der Waals surface area contributed by atoms with Gasteiger partial charge in [0.05, 0.1) is 11.2 Å². The van der Waals surface area contributed by atoms with Gasteiger partial charge in [-0.25, -0.2) is 13.9 Å². The van der Waals surface area contributed by atoms with E-state index in [2.05, 4.69) is 42.0 Å². The summed E-state index contributed by atoms with van der Waals surface area (Å²) in [7, 11) is 0. The van der Waals surface area contributed by atoms with Gasteiger partial charge in [-0.1, -0.05) is 38.1 Å². The Morgan fingerprint density at radius 1 is 1.18 bits per heavy atom. The summed E-state index contributed by atoms with van der Waals surface area (Å²) >= 11 is 1.42. The minimum Gasteiger partial charge on any atom is -0.344 e. The summed E-state index contributed by atoms with van der Waals surface area (Å²) < 4.78 is 11.1. The van der Waals surface area contributed by atoms with Crippen LogP contribution in [0.1, 0.15) is 48.4 Å². The van der Waals surface area contributed by atoms with Crippen LogP contribution in [0, 0.1) is 6.92 Å². The average Bonchev–Trinajstić information content (AvgIpc) is 3.57. The first kappa shape index (κ1) is 21.9. The second kappa shape index (κ2) is 8.45. The molecule has 0 radical (unpaired) electrons. The molecule has 4 aromatic heterocycles. The topological polar surface area (TPSA) is 111 Å². The Morgan fingerprint density at radius 2 is 2.03 bits per heavy atom. The van der Waals surface area contributed by atoms with E-state index in [-0.39, 0.29) is 11.3 Å². The third kappa shape index (κ3) is 4.19. The third-order valence-electron chi connectivity index (χ3n) is 5.52. The van der Waals surface area contributed by atoms with Crippen LogP contribution in [0.2, 0.25) is 0 Å². The fraction of sp³-hybridized carbons (Fsp3) is 0.250. The quantitative estimate of drug-likeness (QED) is 0.402. The van der Waals surface area contributed by atoms with E-state index in [1.54, 1.807) is 6.33 Å². The van der Waals surface area contributed by atoms with Gasteiger partial charge in [0.2, 0.25) is 0 Å². The number of hydrogen-bond acceptors (Lipinski definition) is 8. The van der Waals surface area contributed by atoms with Crippen molar-refractivity contribution in [2.45, 2.75) is 39.7 Å². The lowest BCUT2D eigenvalue weighted by atomic mass is 9.96. The number of aromatic nitrogens is 6. The number of amides is 1. The summed E-state index contributed by atoms with van der Waals surface area (Å²) in [6.07, 6.45) is 5.37. The molecule has 0 aliphatic rings. The maximum absolute atomic E-state index is 12.5. The van der Waals surface area contributed by atoms with Crippen molar-refractivity contribution in [3.05, 3.63) is 71.2 Å². The molecule has 0 aliphatic carbocycles. The Bertz CT molecular complexity index is 1480. The molecule has 0 aliphatic heterocycles. The normalized spacial score (nSPS) is 11.8. The van der Waals surface area contributed by atoms with Crippen LogP contribution < -0.4 is 5.32 Å². The van der Waals surface area contributed by atoms with Crippen molar-refractivity contribution in [2.24, 2.45) is 0 Å². The van der Waals surface area contributed by atoms with E-state index in [4.69, 9.17) is 4.52 Å². The molecule has 0 saturated heterocycles. The number of hydrogen-bond donors (Lipinski definition) is 1.